The largest absolute Gasteiger partial charge is 0.301 e. The summed E-state index contributed by atoms with van der Waals surface area (Å²) in [4.78, 5) is 0. The lowest BCUT2D eigenvalue weighted by molar-refractivity contribution is 0.262. The fourth-order valence-electron chi connectivity index (χ4n) is 2.20. The first-order chi connectivity index (χ1) is 6.53. The van der Waals surface area contributed by atoms with Crippen LogP contribution in [0.1, 0.15) is 46.5 Å². The summed E-state index contributed by atoms with van der Waals surface area (Å²) in [6.45, 7) is 7.58. The molecule has 1 rings (SSSR count). The van der Waals surface area contributed by atoms with Gasteiger partial charge in [-0.1, -0.05) is 25.7 Å². The zero-order valence-electron chi connectivity index (χ0n) is 9.77. The third-order valence-electron chi connectivity index (χ3n) is 3.24. The smallest absolute Gasteiger partial charge is 0.0741 e. The molecule has 1 aliphatic carbocycles. The molecule has 0 radical (unpaired) electrons. The van der Waals surface area contributed by atoms with E-state index >= 15 is 0 Å². The van der Waals surface area contributed by atoms with Crippen molar-refractivity contribution in [3.05, 3.63) is 0 Å². The first kappa shape index (κ1) is 11.6. The number of terminal acetylenes is 1. The van der Waals surface area contributed by atoms with Crippen LogP contribution in [0.15, 0.2) is 0 Å². The third kappa shape index (κ3) is 3.72. The van der Waals surface area contributed by atoms with Crippen LogP contribution in [0.2, 0.25) is 0 Å². The highest BCUT2D eigenvalue weighted by molar-refractivity contribution is 5.07. The van der Waals surface area contributed by atoms with Crippen molar-refractivity contribution in [2.45, 2.75) is 52.0 Å². The number of rotatable bonds is 3. The average molecular weight is 193 g/mol. The fourth-order valence-corrected chi connectivity index (χ4v) is 2.20. The molecule has 1 aliphatic rings. The molecule has 2 atom stereocenters. The van der Waals surface area contributed by atoms with Gasteiger partial charge < -0.3 is 5.32 Å². The monoisotopic (exact) mass is 193 g/mol. The molecule has 1 heteroatoms. The standard InChI is InChI=1S/C13H23N/c1-5-13(3,4)14-10-12-8-6-7-11(2)9-12/h1,11-12,14H,6-10H2,2-4H3. The first-order valence-electron chi connectivity index (χ1n) is 5.76. The van der Waals surface area contributed by atoms with Crippen molar-refractivity contribution in [3.8, 4) is 12.3 Å². The van der Waals surface area contributed by atoms with E-state index in [1.54, 1.807) is 0 Å². The van der Waals surface area contributed by atoms with Crippen molar-refractivity contribution in [3.63, 3.8) is 0 Å². The zero-order valence-corrected chi connectivity index (χ0v) is 9.77. The molecule has 0 heterocycles. The van der Waals surface area contributed by atoms with Crippen molar-refractivity contribution >= 4 is 0 Å². The van der Waals surface area contributed by atoms with E-state index in [-0.39, 0.29) is 5.54 Å². The minimum Gasteiger partial charge on any atom is -0.301 e. The maximum absolute atomic E-state index is 5.44. The highest BCUT2D eigenvalue weighted by Gasteiger charge is 2.21. The molecule has 0 aromatic rings. The van der Waals surface area contributed by atoms with Crippen molar-refractivity contribution in [2.24, 2.45) is 11.8 Å². The Morgan fingerprint density at radius 1 is 1.43 bits per heavy atom. The quantitative estimate of drug-likeness (QED) is 0.680. The lowest BCUT2D eigenvalue weighted by Gasteiger charge is -2.29. The molecule has 2 unspecified atom stereocenters. The number of hydrogen-bond acceptors (Lipinski definition) is 1. The Bertz CT molecular complexity index is 212. The summed E-state index contributed by atoms with van der Waals surface area (Å²) in [6.07, 6.45) is 11.0. The van der Waals surface area contributed by atoms with E-state index in [2.05, 4.69) is 32.0 Å². The Labute approximate surface area is 88.7 Å². The normalized spacial score (nSPS) is 28.4. The minimum absolute atomic E-state index is 0.138. The molecule has 1 nitrogen and oxygen atoms in total. The van der Waals surface area contributed by atoms with Crippen LogP contribution in [0.4, 0.5) is 0 Å². The lowest BCUT2D eigenvalue weighted by Crippen LogP contribution is -2.41. The van der Waals surface area contributed by atoms with Gasteiger partial charge in [-0.05, 0) is 45.1 Å². The van der Waals surface area contributed by atoms with E-state index in [1.165, 1.54) is 25.7 Å². The second-order valence-electron chi connectivity index (χ2n) is 5.29. The average Bonchev–Trinajstić information content (AvgIpc) is 2.15. The van der Waals surface area contributed by atoms with E-state index in [1.807, 2.05) is 0 Å². The Kier molecular flexibility index (Phi) is 4.01. The van der Waals surface area contributed by atoms with Crippen molar-refractivity contribution in [1.82, 2.24) is 5.32 Å². The summed E-state index contributed by atoms with van der Waals surface area (Å²) in [5, 5.41) is 3.46. The van der Waals surface area contributed by atoms with E-state index in [9.17, 15) is 0 Å². The Balaban J connectivity index is 2.28. The maximum atomic E-state index is 5.44. The van der Waals surface area contributed by atoms with Gasteiger partial charge in [-0.2, -0.15) is 0 Å². The molecule has 0 amide bonds. The van der Waals surface area contributed by atoms with E-state index in [0.29, 0.717) is 0 Å². The van der Waals surface area contributed by atoms with E-state index in [4.69, 9.17) is 6.42 Å². The van der Waals surface area contributed by atoms with Crippen LogP contribution >= 0.6 is 0 Å². The van der Waals surface area contributed by atoms with Crippen LogP contribution in [0, 0.1) is 24.2 Å². The van der Waals surface area contributed by atoms with Crippen LogP contribution in [-0.4, -0.2) is 12.1 Å². The molecule has 0 bridgehead atoms. The molecule has 0 saturated heterocycles. The molecule has 0 spiro atoms. The van der Waals surface area contributed by atoms with Gasteiger partial charge >= 0.3 is 0 Å². The predicted octanol–water partition coefficient (Wildman–Crippen LogP) is 2.81. The first-order valence-corrected chi connectivity index (χ1v) is 5.76. The van der Waals surface area contributed by atoms with Gasteiger partial charge in [0.1, 0.15) is 0 Å². The topological polar surface area (TPSA) is 12.0 Å². The van der Waals surface area contributed by atoms with Crippen LogP contribution in [0.25, 0.3) is 0 Å². The molecule has 80 valence electrons. The van der Waals surface area contributed by atoms with Gasteiger partial charge in [-0.15, -0.1) is 6.42 Å². The van der Waals surface area contributed by atoms with Gasteiger partial charge in [0.05, 0.1) is 5.54 Å². The van der Waals surface area contributed by atoms with Crippen LogP contribution in [-0.2, 0) is 0 Å². The third-order valence-corrected chi connectivity index (χ3v) is 3.24. The summed E-state index contributed by atoms with van der Waals surface area (Å²) in [5.74, 6) is 4.53. The number of nitrogens with one attached hydrogen (secondary N) is 1. The lowest BCUT2D eigenvalue weighted by atomic mass is 9.82. The highest BCUT2D eigenvalue weighted by Crippen LogP contribution is 2.28. The van der Waals surface area contributed by atoms with Crippen molar-refractivity contribution in [1.29, 1.82) is 0 Å². The van der Waals surface area contributed by atoms with Crippen LogP contribution < -0.4 is 5.32 Å². The predicted molar refractivity (Wildman–Crippen MR) is 62.0 cm³/mol. The highest BCUT2D eigenvalue weighted by atomic mass is 14.9. The van der Waals surface area contributed by atoms with Crippen LogP contribution in [0.5, 0.6) is 0 Å². The van der Waals surface area contributed by atoms with Gasteiger partial charge in [0.15, 0.2) is 0 Å². The molecular formula is C13H23N. The SMILES string of the molecule is C#CC(C)(C)NCC1CCCC(C)C1. The molecule has 1 saturated carbocycles. The maximum Gasteiger partial charge on any atom is 0.0741 e. The Hall–Kier alpha value is -0.480. The molecule has 0 aromatic carbocycles. The Morgan fingerprint density at radius 2 is 2.14 bits per heavy atom. The zero-order chi connectivity index (χ0) is 10.6. The molecule has 1 N–H and O–H groups in total. The molecule has 14 heavy (non-hydrogen) atoms. The van der Waals surface area contributed by atoms with Gasteiger partial charge in [0, 0.05) is 0 Å². The van der Waals surface area contributed by atoms with Gasteiger partial charge in [0.2, 0.25) is 0 Å². The van der Waals surface area contributed by atoms with Crippen LogP contribution in [0.3, 0.4) is 0 Å². The Morgan fingerprint density at radius 3 is 2.71 bits per heavy atom. The van der Waals surface area contributed by atoms with Crippen molar-refractivity contribution < 1.29 is 0 Å². The van der Waals surface area contributed by atoms with E-state index in [0.717, 1.165) is 18.4 Å². The van der Waals surface area contributed by atoms with E-state index < -0.39 is 0 Å². The summed E-state index contributed by atoms with van der Waals surface area (Å²) < 4.78 is 0. The minimum atomic E-state index is -0.138. The molecule has 0 aromatic heterocycles. The fraction of sp³-hybridized carbons (Fsp3) is 0.846. The molecular weight excluding hydrogens is 170 g/mol. The number of hydrogen-bond donors (Lipinski definition) is 1. The second-order valence-corrected chi connectivity index (χ2v) is 5.29. The summed E-state index contributed by atoms with van der Waals surface area (Å²) in [7, 11) is 0. The molecule has 0 aliphatic heterocycles. The van der Waals surface area contributed by atoms with Gasteiger partial charge in [0.25, 0.3) is 0 Å². The second kappa shape index (κ2) is 4.84. The van der Waals surface area contributed by atoms with Crippen molar-refractivity contribution in [2.75, 3.05) is 6.54 Å². The molecule has 1 fully saturated rings. The summed E-state index contributed by atoms with van der Waals surface area (Å²) >= 11 is 0. The summed E-state index contributed by atoms with van der Waals surface area (Å²) in [5.41, 5.74) is -0.138. The van der Waals surface area contributed by atoms with Gasteiger partial charge in [-0.25, -0.2) is 0 Å². The summed E-state index contributed by atoms with van der Waals surface area (Å²) in [6, 6.07) is 0. The van der Waals surface area contributed by atoms with Gasteiger partial charge in [-0.3, -0.25) is 0 Å².